The maximum Gasteiger partial charge on any atom is 0.230 e. The van der Waals surface area contributed by atoms with E-state index in [9.17, 15) is 13.6 Å². The molecular weight excluding hydrogens is 316 g/mol. The van der Waals surface area contributed by atoms with Gasteiger partial charge >= 0.3 is 0 Å². The number of amides is 1. The number of ether oxygens (including phenoxy) is 1. The zero-order valence-electron chi connectivity index (χ0n) is 12.7. The number of imidazole rings is 1. The van der Waals surface area contributed by atoms with Crippen LogP contribution in [0.1, 0.15) is 18.0 Å². The van der Waals surface area contributed by atoms with E-state index < -0.39 is 17.7 Å². The molecule has 1 aliphatic rings. The average molecular weight is 329 g/mol. The van der Waals surface area contributed by atoms with Crippen LogP contribution in [0.2, 0.25) is 0 Å². The summed E-state index contributed by atoms with van der Waals surface area (Å²) in [5.41, 5.74) is 1.95. The standard InChI is InChI=1S/C17H13F2N3O2/c1-24-10-5-11(18)17(12(19)6-10)15-7-16(23)22(15)9-2-3-13-14(4-9)21-8-20-13/h2-6,8,15H,7H2,1H3,(H,20,21)/t15-/m1/s1. The molecule has 1 aromatic heterocycles. The van der Waals surface area contributed by atoms with E-state index in [0.717, 1.165) is 23.2 Å². The van der Waals surface area contributed by atoms with E-state index in [1.54, 1.807) is 24.5 Å². The van der Waals surface area contributed by atoms with Gasteiger partial charge in [-0.1, -0.05) is 0 Å². The number of methoxy groups -OCH3 is 1. The molecule has 3 aromatic rings. The van der Waals surface area contributed by atoms with Gasteiger partial charge in [-0.25, -0.2) is 13.8 Å². The maximum absolute atomic E-state index is 14.3. The minimum atomic E-state index is -0.725. The van der Waals surface area contributed by atoms with E-state index in [1.807, 2.05) is 0 Å². The third-order valence-corrected chi connectivity index (χ3v) is 4.25. The Balaban J connectivity index is 1.75. The molecule has 1 fully saturated rings. The summed E-state index contributed by atoms with van der Waals surface area (Å²) in [7, 11) is 1.34. The van der Waals surface area contributed by atoms with Crippen molar-refractivity contribution >= 4 is 22.6 Å². The predicted octanol–water partition coefficient (Wildman–Crippen LogP) is 3.33. The summed E-state index contributed by atoms with van der Waals surface area (Å²) in [6, 6.07) is 6.78. The molecule has 1 atom stereocenters. The molecular formula is C17H13F2N3O2. The second kappa shape index (κ2) is 5.30. The summed E-state index contributed by atoms with van der Waals surface area (Å²) >= 11 is 0. The summed E-state index contributed by atoms with van der Waals surface area (Å²) in [5.74, 6) is -1.53. The Labute approximate surface area is 135 Å². The summed E-state index contributed by atoms with van der Waals surface area (Å²) < 4.78 is 33.5. The molecule has 1 saturated heterocycles. The maximum atomic E-state index is 14.3. The summed E-state index contributed by atoms with van der Waals surface area (Å²) in [6.07, 6.45) is 1.61. The van der Waals surface area contributed by atoms with Gasteiger partial charge in [0, 0.05) is 23.4 Å². The van der Waals surface area contributed by atoms with Gasteiger partial charge in [-0.2, -0.15) is 0 Å². The number of H-pyrrole nitrogens is 1. The fraction of sp³-hybridized carbons (Fsp3) is 0.176. The summed E-state index contributed by atoms with van der Waals surface area (Å²) in [5, 5.41) is 0. The smallest absolute Gasteiger partial charge is 0.230 e. The van der Waals surface area contributed by atoms with Gasteiger partial charge in [0.2, 0.25) is 5.91 Å². The zero-order chi connectivity index (χ0) is 16.8. The van der Waals surface area contributed by atoms with Crippen molar-refractivity contribution in [3.63, 3.8) is 0 Å². The van der Waals surface area contributed by atoms with Crippen LogP contribution < -0.4 is 9.64 Å². The Kier molecular flexibility index (Phi) is 3.23. The van der Waals surface area contributed by atoms with Crippen molar-refractivity contribution in [2.75, 3.05) is 12.0 Å². The minimum Gasteiger partial charge on any atom is -0.497 e. The number of nitrogens with zero attached hydrogens (tertiary/aromatic N) is 2. The quantitative estimate of drug-likeness (QED) is 0.750. The molecule has 0 aliphatic carbocycles. The topological polar surface area (TPSA) is 58.2 Å². The number of fused-ring (bicyclic) bond motifs is 1. The van der Waals surface area contributed by atoms with Crippen molar-refractivity contribution in [1.29, 1.82) is 0 Å². The normalized spacial score (nSPS) is 17.2. The van der Waals surface area contributed by atoms with Gasteiger partial charge in [-0.05, 0) is 18.2 Å². The Hall–Kier alpha value is -2.96. The molecule has 0 radical (unpaired) electrons. The lowest BCUT2D eigenvalue weighted by Crippen LogP contribution is -2.47. The summed E-state index contributed by atoms with van der Waals surface area (Å²) in [6.45, 7) is 0. The van der Waals surface area contributed by atoms with Crippen LogP contribution in [0.5, 0.6) is 5.75 Å². The van der Waals surface area contributed by atoms with Crippen molar-refractivity contribution in [3.05, 3.63) is 53.9 Å². The molecule has 2 heterocycles. The molecule has 0 spiro atoms. The van der Waals surface area contributed by atoms with Gasteiger partial charge < -0.3 is 14.6 Å². The van der Waals surface area contributed by atoms with E-state index in [-0.39, 0.29) is 23.6 Å². The fourth-order valence-corrected chi connectivity index (χ4v) is 3.04. The van der Waals surface area contributed by atoms with Gasteiger partial charge in [0.05, 0.1) is 36.9 Å². The van der Waals surface area contributed by atoms with E-state index >= 15 is 0 Å². The average Bonchev–Trinajstić information content (AvgIpc) is 3.00. The van der Waals surface area contributed by atoms with Gasteiger partial charge in [-0.15, -0.1) is 0 Å². The second-order valence-electron chi connectivity index (χ2n) is 5.59. The Morgan fingerprint density at radius 1 is 1.25 bits per heavy atom. The number of rotatable bonds is 3. The largest absolute Gasteiger partial charge is 0.497 e. The van der Waals surface area contributed by atoms with Crippen molar-refractivity contribution in [1.82, 2.24) is 9.97 Å². The number of aromatic amines is 1. The van der Waals surface area contributed by atoms with E-state index in [4.69, 9.17) is 4.74 Å². The molecule has 4 rings (SSSR count). The van der Waals surface area contributed by atoms with Crippen LogP contribution in [0.25, 0.3) is 11.0 Å². The fourth-order valence-electron chi connectivity index (χ4n) is 3.04. The highest BCUT2D eigenvalue weighted by Gasteiger charge is 2.41. The van der Waals surface area contributed by atoms with Gasteiger partial charge in [0.25, 0.3) is 0 Å². The number of carbonyl (C=O) groups is 1. The summed E-state index contributed by atoms with van der Waals surface area (Å²) in [4.78, 5) is 20.5. The highest BCUT2D eigenvalue weighted by atomic mass is 19.1. The first-order chi connectivity index (χ1) is 11.6. The molecule has 7 heteroatoms. The zero-order valence-corrected chi connectivity index (χ0v) is 12.7. The number of carbonyl (C=O) groups excluding carboxylic acids is 1. The monoisotopic (exact) mass is 329 g/mol. The number of halogens is 2. The molecule has 1 aliphatic heterocycles. The number of nitrogens with one attached hydrogen (secondary N) is 1. The Morgan fingerprint density at radius 3 is 2.67 bits per heavy atom. The number of anilines is 1. The van der Waals surface area contributed by atoms with Crippen molar-refractivity contribution in [2.24, 2.45) is 0 Å². The lowest BCUT2D eigenvalue weighted by molar-refractivity contribution is -0.124. The Bertz CT molecular complexity index is 931. The van der Waals surface area contributed by atoms with Crippen LogP contribution in [0.3, 0.4) is 0 Å². The number of benzene rings is 2. The molecule has 0 saturated carbocycles. The van der Waals surface area contributed by atoms with Crippen LogP contribution in [0.4, 0.5) is 14.5 Å². The third kappa shape index (κ3) is 2.12. The van der Waals surface area contributed by atoms with E-state index in [0.29, 0.717) is 5.69 Å². The predicted molar refractivity (Wildman–Crippen MR) is 83.8 cm³/mol. The second-order valence-corrected chi connectivity index (χ2v) is 5.59. The van der Waals surface area contributed by atoms with Crippen LogP contribution in [0.15, 0.2) is 36.7 Å². The number of β-lactam (4-membered cyclic amide) rings is 1. The van der Waals surface area contributed by atoms with Crippen LogP contribution in [-0.2, 0) is 4.79 Å². The van der Waals surface area contributed by atoms with Gasteiger partial charge in [0.1, 0.15) is 17.4 Å². The molecule has 0 bridgehead atoms. The molecule has 122 valence electrons. The van der Waals surface area contributed by atoms with Crippen LogP contribution in [-0.4, -0.2) is 23.0 Å². The molecule has 1 N–H and O–H groups in total. The molecule has 5 nitrogen and oxygen atoms in total. The van der Waals surface area contributed by atoms with Gasteiger partial charge in [0.15, 0.2) is 0 Å². The molecule has 1 amide bonds. The van der Waals surface area contributed by atoms with Crippen molar-refractivity contribution < 1.29 is 18.3 Å². The molecule has 0 unspecified atom stereocenters. The number of hydrogen-bond acceptors (Lipinski definition) is 3. The van der Waals surface area contributed by atoms with E-state index in [2.05, 4.69) is 9.97 Å². The highest BCUT2D eigenvalue weighted by molar-refractivity contribution is 6.02. The van der Waals surface area contributed by atoms with Gasteiger partial charge in [-0.3, -0.25) is 4.79 Å². The SMILES string of the molecule is COc1cc(F)c([C@H]2CC(=O)N2c2ccc3nc[nH]c3c2)c(F)c1. The number of hydrogen-bond donors (Lipinski definition) is 1. The first kappa shape index (κ1) is 14.6. The lowest BCUT2D eigenvalue weighted by atomic mass is 9.92. The lowest BCUT2D eigenvalue weighted by Gasteiger charge is -2.41. The van der Waals surface area contributed by atoms with E-state index in [1.165, 1.54) is 12.0 Å². The highest BCUT2D eigenvalue weighted by Crippen LogP contribution is 2.42. The van der Waals surface area contributed by atoms with Crippen LogP contribution >= 0.6 is 0 Å². The number of aromatic nitrogens is 2. The molecule has 2 aromatic carbocycles. The van der Waals surface area contributed by atoms with Crippen molar-refractivity contribution in [2.45, 2.75) is 12.5 Å². The third-order valence-electron chi connectivity index (χ3n) is 4.25. The molecule has 24 heavy (non-hydrogen) atoms. The van der Waals surface area contributed by atoms with Crippen LogP contribution in [0, 0.1) is 11.6 Å². The first-order valence-electron chi connectivity index (χ1n) is 7.36. The minimum absolute atomic E-state index is 0.0567. The Morgan fingerprint density at radius 2 is 2.00 bits per heavy atom. The first-order valence-corrected chi connectivity index (χ1v) is 7.36. The van der Waals surface area contributed by atoms with Crippen molar-refractivity contribution in [3.8, 4) is 5.75 Å².